The van der Waals surface area contributed by atoms with E-state index in [0.29, 0.717) is 18.7 Å². The number of benzene rings is 1. The van der Waals surface area contributed by atoms with E-state index in [1.165, 1.54) is 16.4 Å². The fraction of sp³-hybridized carbons (Fsp3) is 0.538. The van der Waals surface area contributed by atoms with E-state index >= 15 is 0 Å². The number of methoxy groups -OCH3 is 1. The number of ether oxygens (including phenoxy) is 1. The fourth-order valence-electron chi connectivity index (χ4n) is 1.98. The maximum atomic E-state index is 12.5. The normalized spacial score (nSPS) is 13.7. The average molecular weight is 287 g/mol. The van der Waals surface area contributed by atoms with Crippen LogP contribution in [0.5, 0.6) is 0 Å². The molecule has 1 unspecified atom stereocenters. The van der Waals surface area contributed by atoms with Gasteiger partial charge in [-0.05, 0) is 24.6 Å². The van der Waals surface area contributed by atoms with Gasteiger partial charge < -0.3 is 9.84 Å². The first kappa shape index (κ1) is 16.1. The van der Waals surface area contributed by atoms with Gasteiger partial charge in [-0.25, -0.2) is 8.42 Å². The van der Waals surface area contributed by atoms with Gasteiger partial charge in [0.25, 0.3) is 0 Å². The zero-order valence-corrected chi connectivity index (χ0v) is 12.4. The highest BCUT2D eigenvalue weighted by molar-refractivity contribution is 7.89. The molecule has 0 amide bonds. The van der Waals surface area contributed by atoms with Crippen LogP contribution in [0.25, 0.3) is 0 Å². The van der Waals surface area contributed by atoms with E-state index in [1.807, 2.05) is 0 Å². The Bertz CT molecular complexity index is 501. The molecule has 0 bridgehead atoms. The second kappa shape index (κ2) is 7.00. The van der Waals surface area contributed by atoms with E-state index in [1.54, 1.807) is 33.1 Å². The van der Waals surface area contributed by atoms with Gasteiger partial charge in [-0.2, -0.15) is 4.31 Å². The molecule has 0 aliphatic rings. The van der Waals surface area contributed by atoms with Crippen LogP contribution in [0.15, 0.2) is 29.2 Å². The molecule has 1 atom stereocenters. The van der Waals surface area contributed by atoms with E-state index in [4.69, 9.17) is 9.84 Å². The lowest BCUT2D eigenvalue weighted by atomic mass is 10.2. The summed E-state index contributed by atoms with van der Waals surface area (Å²) in [5, 5.41) is 9.09. The third-order valence-corrected chi connectivity index (χ3v) is 4.98. The van der Waals surface area contributed by atoms with Gasteiger partial charge in [-0.3, -0.25) is 0 Å². The molecule has 1 rings (SSSR count). The molecule has 0 saturated carbocycles. The number of hydrogen-bond acceptors (Lipinski definition) is 4. The molecule has 6 heteroatoms. The Labute approximate surface area is 114 Å². The van der Waals surface area contributed by atoms with Crippen LogP contribution in [0, 0.1) is 0 Å². The maximum absolute atomic E-state index is 12.5. The Hall–Kier alpha value is -0.950. The van der Waals surface area contributed by atoms with Crippen molar-refractivity contribution in [1.82, 2.24) is 4.31 Å². The predicted octanol–water partition coefficient (Wildman–Crippen LogP) is 1.22. The molecular weight excluding hydrogens is 266 g/mol. The van der Waals surface area contributed by atoms with Crippen LogP contribution in [0.2, 0.25) is 0 Å². The summed E-state index contributed by atoms with van der Waals surface area (Å²) in [5.74, 6) is 0. The van der Waals surface area contributed by atoms with Crippen molar-refractivity contribution in [3.63, 3.8) is 0 Å². The third-order valence-electron chi connectivity index (χ3n) is 2.90. The number of aliphatic hydroxyl groups is 1. The minimum atomic E-state index is -3.56. The molecule has 0 spiro atoms. The van der Waals surface area contributed by atoms with Crippen LogP contribution in [0.4, 0.5) is 0 Å². The van der Waals surface area contributed by atoms with Crippen molar-refractivity contribution in [2.75, 3.05) is 20.3 Å². The Morgan fingerprint density at radius 3 is 2.63 bits per heavy atom. The maximum Gasteiger partial charge on any atom is 0.243 e. The highest BCUT2D eigenvalue weighted by atomic mass is 32.2. The second-order valence-electron chi connectivity index (χ2n) is 4.32. The second-order valence-corrected chi connectivity index (χ2v) is 6.21. The minimum Gasteiger partial charge on any atom is -0.392 e. The molecule has 19 heavy (non-hydrogen) atoms. The molecule has 0 aliphatic carbocycles. The van der Waals surface area contributed by atoms with Gasteiger partial charge in [0, 0.05) is 19.7 Å². The van der Waals surface area contributed by atoms with E-state index < -0.39 is 10.0 Å². The smallest absolute Gasteiger partial charge is 0.243 e. The monoisotopic (exact) mass is 287 g/mol. The summed E-state index contributed by atoms with van der Waals surface area (Å²) in [6, 6.07) is 6.12. The molecule has 1 N–H and O–H groups in total. The van der Waals surface area contributed by atoms with Crippen molar-refractivity contribution in [2.45, 2.75) is 31.4 Å². The molecule has 108 valence electrons. The van der Waals surface area contributed by atoms with Gasteiger partial charge in [0.05, 0.1) is 18.1 Å². The highest BCUT2D eigenvalue weighted by Crippen LogP contribution is 2.19. The van der Waals surface area contributed by atoms with E-state index in [2.05, 4.69) is 0 Å². The van der Waals surface area contributed by atoms with Gasteiger partial charge in [-0.1, -0.05) is 19.1 Å². The number of nitrogens with zero attached hydrogens (tertiary/aromatic N) is 1. The first-order valence-corrected chi connectivity index (χ1v) is 7.62. The van der Waals surface area contributed by atoms with Crippen LogP contribution in [0.1, 0.15) is 19.4 Å². The SMILES string of the molecule is CCN(C(C)COC)S(=O)(=O)c1cccc(CO)c1. The summed E-state index contributed by atoms with van der Waals surface area (Å²) >= 11 is 0. The highest BCUT2D eigenvalue weighted by Gasteiger charge is 2.27. The lowest BCUT2D eigenvalue weighted by Crippen LogP contribution is -2.40. The molecule has 0 aromatic heterocycles. The van der Waals surface area contributed by atoms with Crippen molar-refractivity contribution in [2.24, 2.45) is 0 Å². The van der Waals surface area contributed by atoms with Crippen LogP contribution >= 0.6 is 0 Å². The predicted molar refractivity (Wildman–Crippen MR) is 73.3 cm³/mol. The Balaban J connectivity index is 3.12. The first-order valence-electron chi connectivity index (χ1n) is 6.18. The molecule has 0 radical (unpaired) electrons. The summed E-state index contributed by atoms with van der Waals surface area (Å²) in [7, 11) is -2.02. The molecule has 0 aliphatic heterocycles. The summed E-state index contributed by atoms with van der Waals surface area (Å²) in [4.78, 5) is 0.198. The summed E-state index contributed by atoms with van der Waals surface area (Å²) in [6.07, 6.45) is 0. The summed E-state index contributed by atoms with van der Waals surface area (Å²) in [5.41, 5.74) is 0.580. The summed E-state index contributed by atoms with van der Waals surface area (Å²) in [6.45, 7) is 4.13. The van der Waals surface area contributed by atoms with E-state index in [-0.39, 0.29) is 17.5 Å². The van der Waals surface area contributed by atoms with Crippen LogP contribution in [0.3, 0.4) is 0 Å². The van der Waals surface area contributed by atoms with Crippen molar-refractivity contribution in [1.29, 1.82) is 0 Å². The molecule has 1 aromatic rings. The Kier molecular flexibility index (Phi) is 5.93. The first-order chi connectivity index (χ1) is 8.97. The quantitative estimate of drug-likeness (QED) is 0.819. The zero-order chi connectivity index (χ0) is 14.5. The van der Waals surface area contributed by atoms with Crippen molar-refractivity contribution in [3.05, 3.63) is 29.8 Å². The molecule has 1 aromatic carbocycles. The van der Waals surface area contributed by atoms with Crippen LogP contribution in [-0.2, 0) is 21.4 Å². The number of aliphatic hydroxyl groups excluding tert-OH is 1. The number of likely N-dealkylation sites (N-methyl/N-ethyl adjacent to an activating group) is 1. The third kappa shape index (κ3) is 3.76. The largest absolute Gasteiger partial charge is 0.392 e. The van der Waals surface area contributed by atoms with Gasteiger partial charge in [0.2, 0.25) is 10.0 Å². The van der Waals surface area contributed by atoms with E-state index in [0.717, 1.165) is 0 Å². The molecule has 0 saturated heterocycles. The number of rotatable bonds is 7. The number of sulfonamides is 1. The van der Waals surface area contributed by atoms with Gasteiger partial charge in [0.15, 0.2) is 0 Å². The lowest BCUT2D eigenvalue weighted by Gasteiger charge is -2.26. The zero-order valence-electron chi connectivity index (χ0n) is 11.5. The fourth-order valence-corrected chi connectivity index (χ4v) is 3.68. The number of hydrogen-bond donors (Lipinski definition) is 1. The Morgan fingerprint density at radius 2 is 2.11 bits per heavy atom. The van der Waals surface area contributed by atoms with Gasteiger partial charge >= 0.3 is 0 Å². The van der Waals surface area contributed by atoms with Crippen molar-refractivity contribution >= 4 is 10.0 Å². The molecule has 0 heterocycles. The summed E-state index contributed by atoms with van der Waals surface area (Å²) < 4.78 is 31.5. The minimum absolute atomic E-state index is 0.177. The molecular formula is C13H21NO4S. The van der Waals surface area contributed by atoms with Gasteiger partial charge in [0.1, 0.15) is 0 Å². The topological polar surface area (TPSA) is 66.8 Å². The molecule has 5 nitrogen and oxygen atoms in total. The Morgan fingerprint density at radius 1 is 1.42 bits per heavy atom. The standard InChI is InChI=1S/C13H21NO4S/c1-4-14(11(2)10-18-3)19(16,17)13-7-5-6-12(8-13)9-15/h5-8,11,15H,4,9-10H2,1-3H3. The molecule has 0 fully saturated rings. The lowest BCUT2D eigenvalue weighted by molar-refractivity contribution is 0.142. The van der Waals surface area contributed by atoms with Crippen molar-refractivity contribution < 1.29 is 18.3 Å². The van der Waals surface area contributed by atoms with E-state index in [9.17, 15) is 8.42 Å². The van der Waals surface area contributed by atoms with Crippen molar-refractivity contribution in [3.8, 4) is 0 Å². The van der Waals surface area contributed by atoms with Crippen LogP contribution in [-0.4, -0.2) is 44.1 Å². The van der Waals surface area contributed by atoms with Gasteiger partial charge in [-0.15, -0.1) is 0 Å². The average Bonchev–Trinajstić information content (AvgIpc) is 2.39. The van der Waals surface area contributed by atoms with Crippen LogP contribution < -0.4 is 0 Å².